The molecule has 1 aliphatic rings. The molecule has 2 rings (SSSR count). The van der Waals surface area contributed by atoms with Crippen molar-refractivity contribution in [3.05, 3.63) is 35.1 Å². The van der Waals surface area contributed by atoms with Crippen molar-refractivity contribution in [3.8, 4) is 0 Å². The minimum Gasteiger partial charge on any atom is -0.390 e. The average Bonchev–Trinajstić information content (AvgIpc) is 0.877. The van der Waals surface area contributed by atoms with E-state index in [1.54, 1.807) is 21.6 Å². The van der Waals surface area contributed by atoms with E-state index in [4.69, 9.17) is 133 Å². The molecule has 0 saturated carbocycles. The molecule has 0 aromatic carbocycles. The van der Waals surface area contributed by atoms with Crippen LogP contribution in [-0.4, -0.2) is 409 Å². The van der Waals surface area contributed by atoms with Gasteiger partial charge in [-0.3, -0.25) is 19.4 Å². The van der Waals surface area contributed by atoms with E-state index in [0.717, 1.165) is 23.0 Å². The van der Waals surface area contributed by atoms with Crippen molar-refractivity contribution < 1.29 is 143 Å². The Morgan fingerprint density at radius 1 is 0.327 bits per heavy atom. The predicted octanol–water partition coefficient (Wildman–Crippen LogP) is 1.15. The van der Waals surface area contributed by atoms with Gasteiger partial charge in [-0.05, 0) is 16.9 Å². The van der Waals surface area contributed by atoms with Gasteiger partial charge in [-0.15, -0.1) is 0 Å². The lowest BCUT2D eigenvalue weighted by Gasteiger charge is -2.14. The topological polar surface area (TPSA) is 360 Å². The lowest BCUT2D eigenvalue weighted by Crippen LogP contribution is -2.28. The third-order valence-corrected chi connectivity index (χ3v) is 15.8. The summed E-state index contributed by atoms with van der Waals surface area (Å²) in [4.78, 5) is 23.9. The molecule has 0 saturated heterocycles. The number of dihydropyridines is 1. The zero-order chi connectivity index (χ0) is 75.9. The smallest absolute Gasteiger partial charge is 0.222 e. The predicted molar refractivity (Wildman–Crippen MR) is 397 cm³/mol. The van der Waals surface area contributed by atoms with E-state index in [0.29, 0.717) is 383 Å². The number of aliphatic hydroxyl groups is 1. The number of allylic oxidation sites excluding steroid dienone is 2. The van der Waals surface area contributed by atoms with Gasteiger partial charge in [0.05, 0.1) is 381 Å². The van der Waals surface area contributed by atoms with Crippen molar-refractivity contribution in [1.29, 1.82) is 0 Å². The monoisotopic (exact) mass is 1590 g/mol. The standard InChI is InChI=1S/C70H133N5O30S2/c76-66-67-65-75(74-67)9-13-82-17-21-84-19-15-80-11-7-71-68(77)4-10-79-14-18-83-22-24-86-26-28-88-30-32-90-34-36-92-38-40-94-42-44-96-46-48-98-50-52-100-54-56-102-58-60-104-62-63-105-61-59-103-57-55-101-53-51-99-49-47-97-45-43-95-41-39-93-37-35-91-33-31-89-29-27-87-25-23-85-20-16-81-12-8-72-69(78)5-64-106-107-70-3-1-2-6-73-70/h1-3,65,73-74,76H,4-64,66H2,(H,71,77)(H,72,78). The first kappa shape index (κ1) is 100. The van der Waals surface area contributed by atoms with Crippen molar-refractivity contribution >= 4 is 33.4 Å². The van der Waals surface area contributed by atoms with E-state index in [9.17, 15) is 9.59 Å². The minimum atomic E-state index is -0.0995. The third kappa shape index (κ3) is 79.6. The molecule has 37 heteroatoms. The van der Waals surface area contributed by atoms with Gasteiger partial charge < -0.3 is 149 Å². The zero-order valence-corrected chi connectivity index (χ0v) is 65.3. The highest BCUT2D eigenvalue weighted by Crippen LogP contribution is 2.29. The van der Waals surface area contributed by atoms with Crippen molar-refractivity contribution in [2.45, 2.75) is 26.0 Å². The van der Waals surface area contributed by atoms with Crippen LogP contribution in [0.25, 0.3) is 0 Å². The molecule has 1 aromatic rings. The number of hydrogen-bond acceptors (Lipinski definition) is 33. The minimum absolute atomic E-state index is 0.0116. The molecule has 2 amide bonds. The molecule has 2 heterocycles. The number of amides is 2. The Morgan fingerprint density at radius 2 is 0.551 bits per heavy atom. The first-order chi connectivity index (χ1) is 53.2. The van der Waals surface area contributed by atoms with Crippen LogP contribution in [0.4, 0.5) is 0 Å². The fraction of sp³-hybridized carbons (Fsp3) is 0.886. The van der Waals surface area contributed by atoms with E-state index in [2.05, 4.69) is 27.1 Å². The molecular weight excluding hydrogens is 1450 g/mol. The number of aromatic nitrogens is 2. The molecule has 1 aliphatic heterocycles. The van der Waals surface area contributed by atoms with Gasteiger partial charge in [0.1, 0.15) is 0 Å². The number of carbonyl (C=O) groups excluding carboxylic acids is 2. The van der Waals surface area contributed by atoms with E-state index in [1.807, 2.05) is 23.0 Å². The fourth-order valence-electron chi connectivity index (χ4n) is 8.03. The first-order valence-corrected chi connectivity index (χ1v) is 39.9. The quantitative estimate of drug-likeness (QED) is 0.0451. The van der Waals surface area contributed by atoms with Gasteiger partial charge in [0.2, 0.25) is 11.8 Å². The van der Waals surface area contributed by atoms with Crippen LogP contribution in [0.15, 0.2) is 29.5 Å². The van der Waals surface area contributed by atoms with Gasteiger partial charge in [0.25, 0.3) is 0 Å². The zero-order valence-electron chi connectivity index (χ0n) is 63.7. The number of aromatic amines is 1. The molecule has 0 bridgehead atoms. The molecular formula is C70H133N5O30S2. The normalized spacial score (nSPS) is 12.3. The maximum atomic E-state index is 12.0. The number of carbonyl (C=O) groups is 2. The second kappa shape index (κ2) is 87.1. The number of nitrogens with one attached hydrogen (secondary N) is 4. The molecule has 0 radical (unpaired) electrons. The molecule has 1 aromatic heterocycles. The maximum Gasteiger partial charge on any atom is 0.222 e. The Balaban J connectivity index is 1.08. The van der Waals surface area contributed by atoms with Crippen LogP contribution in [0.5, 0.6) is 0 Å². The maximum absolute atomic E-state index is 12.0. The molecule has 107 heavy (non-hydrogen) atoms. The number of nitrogens with zero attached hydrogens (tertiary/aromatic N) is 1. The average molecular weight is 1590 g/mol. The SMILES string of the molecule is O=C(CCOCCOCCOCCOCCOCCOCCOCCOCCOCCOCCOCCOCCOCCOCCOCCOCCOCCOCCOCCOCCOCCOCCOCCOCCNC(=O)CCSSC1=CC=CCN1)NCCOCCOCCOCCn1cc(CO)[nH]1. The summed E-state index contributed by atoms with van der Waals surface area (Å²) in [7, 11) is 3.32. The summed E-state index contributed by atoms with van der Waals surface area (Å²) < 4.78 is 151. The van der Waals surface area contributed by atoms with Gasteiger partial charge in [0, 0.05) is 44.4 Å². The highest BCUT2D eigenvalue weighted by Gasteiger charge is 2.07. The molecule has 0 aliphatic carbocycles. The second-order valence-electron chi connectivity index (χ2n) is 22.1. The van der Waals surface area contributed by atoms with E-state index in [1.165, 1.54) is 0 Å². The van der Waals surface area contributed by atoms with E-state index >= 15 is 0 Å². The van der Waals surface area contributed by atoms with Gasteiger partial charge >= 0.3 is 0 Å². The summed E-state index contributed by atoms with van der Waals surface area (Å²) in [5.74, 6) is 0.675. The molecule has 630 valence electrons. The van der Waals surface area contributed by atoms with Gasteiger partial charge in [-0.1, -0.05) is 22.9 Å². The summed E-state index contributed by atoms with van der Waals surface area (Å²) >= 11 is 0. The number of aliphatic hydroxyl groups excluding tert-OH is 1. The third-order valence-electron chi connectivity index (χ3n) is 13.5. The summed E-state index contributed by atoms with van der Waals surface area (Å²) in [6, 6.07) is 0. The summed E-state index contributed by atoms with van der Waals surface area (Å²) in [6.07, 6.45) is 8.70. The van der Waals surface area contributed by atoms with Crippen LogP contribution in [-0.2, 0) is 151 Å². The van der Waals surface area contributed by atoms with E-state index in [-0.39, 0.29) is 24.8 Å². The fourth-order valence-corrected chi connectivity index (χ4v) is 10.0. The van der Waals surface area contributed by atoms with Crippen molar-refractivity contribution in [2.24, 2.45) is 0 Å². The highest BCUT2D eigenvalue weighted by atomic mass is 33.1. The Kier molecular flexibility index (Phi) is 81.6. The van der Waals surface area contributed by atoms with Crippen LogP contribution in [0.2, 0.25) is 0 Å². The number of rotatable bonds is 93. The van der Waals surface area contributed by atoms with Crippen LogP contribution in [0.1, 0.15) is 18.5 Å². The van der Waals surface area contributed by atoms with E-state index < -0.39 is 0 Å². The highest BCUT2D eigenvalue weighted by molar-refractivity contribution is 8.78. The van der Waals surface area contributed by atoms with Gasteiger partial charge in [-0.25, -0.2) is 0 Å². The molecule has 0 spiro atoms. The number of ether oxygens (including phenoxy) is 27. The Hall–Kier alpha value is -2.86. The molecule has 35 nitrogen and oxygen atoms in total. The molecule has 0 fully saturated rings. The van der Waals surface area contributed by atoms with Crippen LogP contribution in [0, 0.1) is 0 Å². The summed E-state index contributed by atoms with van der Waals surface area (Å²) in [5.41, 5.74) is 0.794. The second-order valence-corrected chi connectivity index (χ2v) is 24.6. The Labute approximate surface area is 642 Å². The molecule has 0 atom stereocenters. The van der Waals surface area contributed by atoms with Crippen molar-refractivity contribution in [1.82, 2.24) is 25.7 Å². The Bertz CT molecular complexity index is 2010. The number of H-pyrrole nitrogens is 1. The van der Waals surface area contributed by atoms with Gasteiger partial charge in [0.15, 0.2) is 0 Å². The van der Waals surface area contributed by atoms with Crippen LogP contribution < -0.4 is 16.0 Å². The Morgan fingerprint density at radius 3 is 0.785 bits per heavy atom. The largest absolute Gasteiger partial charge is 0.390 e. The lowest BCUT2D eigenvalue weighted by atomic mass is 10.4. The summed E-state index contributed by atoms with van der Waals surface area (Å²) in [5, 5.41) is 22.0. The lowest BCUT2D eigenvalue weighted by molar-refractivity contribution is -0.122. The summed E-state index contributed by atoms with van der Waals surface area (Å²) in [6.45, 7) is 27.6. The van der Waals surface area contributed by atoms with Crippen molar-refractivity contribution in [3.63, 3.8) is 0 Å². The first-order valence-electron chi connectivity index (χ1n) is 37.5. The van der Waals surface area contributed by atoms with Crippen molar-refractivity contribution in [2.75, 3.05) is 382 Å². The number of hydrogen-bond donors (Lipinski definition) is 5. The molecule has 5 N–H and O–H groups in total. The van der Waals surface area contributed by atoms with Crippen LogP contribution >= 0.6 is 21.6 Å². The van der Waals surface area contributed by atoms with Crippen LogP contribution in [0.3, 0.4) is 0 Å². The molecule has 0 unspecified atom stereocenters. The van der Waals surface area contributed by atoms with Gasteiger partial charge in [-0.2, -0.15) is 0 Å².